The lowest BCUT2D eigenvalue weighted by atomic mass is 10.1. The van der Waals surface area contributed by atoms with Gasteiger partial charge in [0.25, 0.3) is 0 Å². The number of ether oxygens (including phenoxy) is 1. The smallest absolute Gasteiger partial charge is 0.130 e. The first-order valence-electron chi connectivity index (χ1n) is 8.58. The minimum Gasteiger partial charge on any atom is -0.487 e. The molecule has 2 aromatic heterocycles. The first kappa shape index (κ1) is 17.9. The van der Waals surface area contributed by atoms with Crippen LogP contribution in [0.25, 0.3) is 0 Å². The molecule has 134 valence electrons. The second kappa shape index (κ2) is 8.45. The molecule has 0 atom stereocenters. The highest BCUT2D eigenvalue weighted by Gasteiger charge is 2.08. The largest absolute Gasteiger partial charge is 0.487 e. The van der Waals surface area contributed by atoms with E-state index in [9.17, 15) is 5.11 Å². The molecule has 1 aromatic carbocycles. The Morgan fingerprint density at radius 3 is 2.58 bits per heavy atom. The van der Waals surface area contributed by atoms with Crippen molar-refractivity contribution in [2.24, 2.45) is 0 Å². The maximum Gasteiger partial charge on any atom is 0.130 e. The Hall–Kier alpha value is -2.92. The van der Waals surface area contributed by atoms with Gasteiger partial charge < -0.3 is 15.2 Å². The summed E-state index contributed by atoms with van der Waals surface area (Å²) in [5, 5.41) is 12.7. The molecule has 0 saturated heterocycles. The average molecular weight is 349 g/mol. The monoisotopic (exact) mass is 349 g/mol. The summed E-state index contributed by atoms with van der Waals surface area (Å²) < 4.78 is 5.98. The van der Waals surface area contributed by atoms with Crippen molar-refractivity contribution in [2.45, 2.75) is 33.6 Å². The number of hydrogen-bond acceptors (Lipinski definition) is 5. The van der Waals surface area contributed by atoms with Gasteiger partial charge in [-0.1, -0.05) is 18.2 Å². The van der Waals surface area contributed by atoms with Gasteiger partial charge in [-0.05, 0) is 48.7 Å². The number of nitrogens with one attached hydrogen (secondary N) is 1. The van der Waals surface area contributed by atoms with Crippen LogP contribution in [0.4, 0.5) is 5.69 Å². The van der Waals surface area contributed by atoms with E-state index in [1.807, 2.05) is 38.1 Å². The second-order valence-corrected chi connectivity index (χ2v) is 6.21. The molecule has 0 aliphatic heterocycles. The Kier molecular flexibility index (Phi) is 5.81. The number of aliphatic hydroxyl groups is 1. The number of hydrogen-bond donors (Lipinski definition) is 2. The molecule has 26 heavy (non-hydrogen) atoms. The molecule has 2 heterocycles. The molecular weight excluding hydrogens is 326 g/mol. The Morgan fingerprint density at radius 2 is 1.88 bits per heavy atom. The summed E-state index contributed by atoms with van der Waals surface area (Å²) in [6.45, 7) is 5.20. The highest BCUT2D eigenvalue weighted by Crippen LogP contribution is 2.26. The van der Waals surface area contributed by atoms with Gasteiger partial charge in [0.15, 0.2) is 0 Å². The third-order valence-corrected chi connectivity index (χ3v) is 4.18. The number of aromatic nitrogens is 2. The van der Waals surface area contributed by atoms with E-state index < -0.39 is 0 Å². The lowest BCUT2D eigenvalue weighted by Crippen LogP contribution is -2.05. The number of aliphatic hydroxyl groups excluding tert-OH is 1. The van der Waals surface area contributed by atoms with E-state index in [4.69, 9.17) is 4.74 Å². The Labute approximate surface area is 153 Å². The predicted molar refractivity (Wildman–Crippen MR) is 102 cm³/mol. The van der Waals surface area contributed by atoms with Gasteiger partial charge in [0.1, 0.15) is 12.4 Å². The zero-order valence-corrected chi connectivity index (χ0v) is 15.1. The van der Waals surface area contributed by atoms with Crippen LogP contribution in [0.5, 0.6) is 5.75 Å². The van der Waals surface area contributed by atoms with Gasteiger partial charge in [-0.25, -0.2) is 0 Å². The average Bonchev–Trinajstić information content (AvgIpc) is 2.66. The number of nitrogens with zero attached hydrogens (tertiary/aromatic N) is 2. The maximum absolute atomic E-state index is 9.40. The van der Waals surface area contributed by atoms with Gasteiger partial charge in [0, 0.05) is 24.5 Å². The van der Waals surface area contributed by atoms with E-state index in [0.717, 1.165) is 39.4 Å². The van der Waals surface area contributed by atoms with Crippen molar-refractivity contribution in [2.75, 3.05) is 5.32 Å². The lowest BCUT2D eigenvalue weighted by Gasteiger charge is -2.15. The summed E-state index contributed by atoms with van der Waals surface area (Å²) in [5.74, 6) is 0.900. The van der Waals surface area contributed by atoms with Gasteiger partial charge in [-0.2, -0.15) is 0 Å². The standard InChI is InChI=1S/C21H23N3O2/c1-15-9-17(11-24-20-12-22-8-6-18(20)13-25)10-16(2)21(15)26-14-19-5-3-4-7-23-19/h3-10,12,24-25H,11,13-14H2,1-2H3. The van der Waals surface area contributed by atoms with Crippen molar-refractivity contribution in [1.29, 1.82) is 0 Å². The molecule has 0 radical (unpaired) electrons. The van der Waals surface area contributed by atoms with E-state index in [0.29, 0.717) is 13.2 Å². The fourth-order valence-corrected chi connectivity index (χ4v) is 2.92. The van der Waals surface area contributed by atoms with Crippen LogP contribution in [0.1, 0.15) is 27.9 Å². The van der Waals surface area contributed by atoms with Gasteiger partial charge in [-0.3, -0.25) is 9.97 Å². The van der Waals surface area contributed by atoms with Crippen LogP contribution in [0.2, 0.25) is 0 Å². The Balaban J connectivity index is 1.68. The number of pyridine rings is 2. The predicted octanol–water partition coefficient (Wildman–Crippen LogP) is 3.78. The van der Waals surface area contributed by atoms with Crippen LogP contribution in [0, 0.1) is 13.8 Å². The molecule has 3 rings (SSSR count). The van der Waals surface area contributed by atoms with Crippen LogP contribution in [-0.2, 0) is 19.8 Å². The fourth-order valence-electron chi connectivity index (χ4n) is 2.92. The molecule has 0 amide bonds. The molecule has 0 aliphatic carbocycles. The van der Waals surface area contributed by atoms with E-state index in [1.165, 1.54) is 0 Å². The summed E-state index contributed by atoms with van der Waals surface area (Å²) in [7, 11) is 0. The second-order valence-electron chi connectivity index (χ2n) is 6.21. The van der Waals surface area contributed by atoms with Crippen molar-refractivity contribution >= 4 is 5.69 Å². The van der Waals surface area contributed by atoms with E-state index in [-0.39, 0.29) is 6.61 Å². The minimum atomic E-state index is -0.0107. The molecule has 2 N–H and O–H groups in total. The fraction of sp³-hybridized carbons (Fsp3) is 0.238. The summed E-state index contributed by atoms with van der Waals surface area (Å²) in [5.41, 5.74) is 5.92. The quantitative estimate of drug-likeness (QED) is 0.679. The topological polar surface area (TPSA) is 67.3 Å². The van der Waals surface area contributed by atoms with Gasteiger partial charge >= 0.3 is 0 Å². The van der Waals surface area contributed by atoms with Crippen molar-refractivity contribution in [3.8, 4) is 5.75 Å². The molecule has 0 bridgehead atoms. The number of aryl methyl sites for hydroxylation is 2. The molecule has 3 aromatic rings. The van der Waals surface area contributed by atoms with Crippen LogP contribution in [0.15, 0.2) is 55.0 Å². The molecule has 0 spiro atoms. The molecule has 0 saturated carbocycles. The van der Waals surface area contributed by atoms with Crippen LogP contribution in [-0.4, -0.2) is 15.1 Å². The molecule has 5 heteroatoms. The van der Waals surface area contributed by atoms with E-state index in [2.05, 4.69) is 27.4 Å². The Bertz CT molecular complexity index is 843. The van der Waals surface area contributed by atoms with Crippen molar-refractivity contribution in [1.82, 2.24) is 9.97 Å². The molecule has 5 nitrogen and oxygen atoms in total. The highest BCUT2D eigenvalue weighted by atomic mass is 16.5. The Morgan fingerprint density at radius 1 is 1.08 bits per heavy atom. The van der Waals surface area contributed by atoms with Gasteiger partial charge in [-0.15, -0.1) is 0 Å². The molecule has 0 fully saturated rings. The SMILES string of the molecule is Cc1cc(CNc2cnccc2CO)cc(C)c1OCc1ccccn1. The zero-order chi connectivity index (χ0) is 18.4. The summed E-state index contributed by atoms with van der Waals surface area (Å²) in [6, 6.07) is 11.8. The van der Waals surface area contributed by atoms with E-state index in [1.54, 1.807) is 18.6 Å². The van der Waals surface area contributed by atoms with E-state index >= 15 is 0 Å². The molecule has 0 aliphatic rings. The highest BCUT2D eigenvalue weighted by molar-refractivity contribution is 5.50. The van der Waals surface area contributed by atoms with Crippen LogP contribution >= 0.6 is 0 Å². The summed E-state index contributed by atoms with van der Waals surface area (Å²) >= 11 is 0. The van der Waals surface area contributed by atoms with Crippen LogP contribution in [0.3, 0.4) is 0 Å². The summed E-state index contributed by atoms with van der Waals surface area (Å²) in [4.78, 5) is 8.40. The van der Waals surface area contributed by atoms with Crippen molar-refractivity contribution < 1.29 is 9.84 Å². The van der Waals surface area contributed by atoms with Crippen molar-refractivity contribution in [3.05, 3.63) is 82.9 Å². The maximum atomic E-state index is 9.40. The van der Waals surface area contributed by atoms with Crippen LogP contribution < -0.4 is 10.1 Å². The van der Waals surface area contributed by atoms with Crippen molar-refractivity contribution in [3.63, 3.8) is 0 Å². The number of anilines is 1. The zero-order valence-electron chi connectivity index (χ0n) is 15.1. The first-order chi connectivity index (χ1) is 12.7. The number of rotatable bonds is 7. The third kappa shape index (κ3) is 4.37. The van der Waals surface area contributed by atoms with Gasteiger partial charge in [0.2, 0.25) is 0 Å². The first-order valence-corrected chi connectivity index (χ1v) is 8.58. The molecular formula is C21H23N3O2. The van der Waals surface area contributed by atoms with Gasteiger partial charge in [0.05, 0.1) is 24.2 Å². The molecule has 0 unspecified atom stereocenters. The summed E-state index contributed by atoms with van der Waals surface area (Å²) in [6.07, 6.45) is 5.18. The lowest BCUT2D eigenvalue weighted by molar-refractivity contribution is 0.282. The third-order valence-electron chi connectivity index (χ3n) is 4.18. The number of benzene rings is 1. The minimum absolute atomic E-state index is 0.0107. The normalized spacial score (nSPS) is 10.6.